The highest BCUT2D eigenvalue weighted by molar-refractivity contribution is 5.77. The molecule has 0 unspecified atom stereocenters. The van der Waals surface area contributed by atoms with Crippen molar-refractivity contribution in [3.63, 3.8) is 0 Å². The lowest BCUT2D eigenvalue weighted by atomic mass is 10.2. The first-order valence-electron chi connectivity index (χ1n) is 5.72. The lowest BCUT2D eigenvalue weighted by Gasteiger charge is -2.17. The summed E-state index contributed by atoms with van der Waals surface area (Å²) in [4.78, 5) is 13.1. The van der Waals surface area contributed by atoms with Gasteiger partial charge in [-0.2, -0.15) is 0 Å². The summed E-state index contributed by atoms with van der Waals surface area (Å²) in [6, 6.07) is 7.86. The number of nitrogens with one attached hydrogen (secondary N) is 1. The van der Waals surface area contributed by atoms with Crippen LogP contribution in [0.2, 0.25) is 0 Å². The van der Waals surface area contributed by atoms with Gasteiger partial charge in [-0.25, -0.2) is 0 Å². The van der Waals surface area contributed by atoms with Crippen LogP contribution in [0.1, 0.15) is 5.56 Å². The second-order valence-electron chi connectivity index (χ2n) is 3.96. The number of nitrogens with zero attached hydrogens (tertiary/aromatic N) is 1. The molecule has 0 spiro atoms. The molecular weight excluding hydrogens is 216 g/mol. The van der Waals surface area contributed by atoms with Gasteiger partial charge in [0.2, 0.25) is 5.91 Å². The third-order valence-electron chi connectivity index (χ3n) is 2.53. The van der Waals surface area contributed by atoms with E-state index in [9.17, 15) is 4.79 Å². The number of para-hydroxylation sites is 1. The molecule has 1 aromatic carbocycles. The zero-order chi connectivity index (χ0) is 12.7. The van der Waals surface area contributed by atoms with Crippen LogP contribution >= 0.6 is 0 Å². The van der Waals surface area contributed by atoms with E-state index in [1.54, 1.807) is 19.0 Å². The number of likely N-dealkylation sites (N-methyl/N-ethyl adjacent to an activating group) is 2. The summed E-state index contributed by atoms with van der Waals surface area (Å²) in [5.74, 6) is 0.947. The summed E-state index contributed by atoms with van der Waals surface area (Å²) in [7, 11) is 3.54. The topological polar surface area (TPSA) is 41.6 Å². The van der Waals surface area contributed by atoms with Crippen molar-refractivity contribution in [1.29, 1.82) is 0 Å². The molecule has 1 N–H and O–H groups in total. The van der Waals surface area contributed by atoms with Gasteiger partial charge in [-0.05, 0) is 25.6 Å². The Hall–Kier alpha value is -1.55. The van der Waals surface area contributed by atoms with E-state index in [1.807, 2.05) is 31.2 Å². The molecule has 1 rings (SSSR count). The zero-order valence-electron chi connectivity index (χ0n) is 10.7. The molecule has 1 amide bonds. The Morgan fingerprint density at radius 1 is 1.41 bits per heavy atom. The van der Waals surface area contributed by atoms with Gasteiger partial charge in [0.05, 0.1) is 13.1 Å². The normalized spacial score (nSPS) is 10.1. The molecule has 0 aromatic heterocycles. The van der Waals surface area contributed by atoms with Gasteiger partial charge in [-0.15, -0.1) is 0 Å². The fourth-order valence-electron chi connectivity index (χ4n) is 1.42. The van der Waals surface area contributed by atoms with Gasteiger partial charge in [0.15, 0.2) is 0 Å². The standard InChI is InChI=1S/C13H20N2O2/c1-11-6-4-5-7-12(11)17-9-8-15(3)13(16)10-14-2/h4-7,14H,8-10H2,1-3H3. The number of carbonyl (C=O) groups is 1. The van der Waals surface area contributed by atoms with E-state index in [1.165, 1.54) is 0 Å². The number of hydrogen-bond donors (Lipinski definition) is 1. The third-order valence-corrected chi connectivity index (χ3v) is 2.53. The fraction of sp³-hybridized carbons (Fsp3) is 0.462. The molecule has 1 aromatic rings. The lowest BCUT2D eigenvalue weighted by Crippen LogP contribution is -2.36. The zero-order valence-corrected chi connectivity index (χ0v) is 10.7. The minimum absolute atomic E-state index is 0.0703. The van der Waals surface area contributed by atoms with Crippen molar-refractivity contribution in [2.24, 2.45) is 0 Å². The number of hydrogen-bond acceptors (Lipinski definition) is 3. The third kappa shape index (κ3) is 4.44. The molecule has 0 aliphatic rings. The molecule has 0 saturated heterocycles. The van der Waals surface area contributed by atoms with Crippen LogP contribution in [0.3, 0.4) is 0 Å². The highest BCUT2D eigenvalue weighted by atomic mass is 16.5. The van der Waals surface area contributed by atoms with Gasteiger partial charge in [0.1, 0.15) is 12.4 Å². The second-order valence-corrected chi connectivity index (χ2v) is 3.96. The van der Waals surface area contributed by atoms with E-state index in [-0.39, 0.29) is 5.91 Å². The van der Waals surface area contributed by atoms with Crippen molar-refractivity contribution in [1.82, 2.24) is 10.2 Å². The summed E-state index contributed by atoms with van der Waals surface area (Å²) >= 11 is 0. The predicted octanol–water partition coefficient (Wildman–Crippen LogP) is 1.05. The summed E-state index contributed by atoms with van der Waals surface area (Å²) < 4.78 is 5.62. The van der Waals surface area contributed by atoms with E-state index in [0.29, 0.717) is 19.7 Å². The lowest BCUT2D eigenvalue weighted by molar-refractivity contribution is -0.129. The maximum absolute atomic E-state index is 11.5. The van der Waals surface area contributed by atoms with Crippen LogP contribution in [0.5, 0.6) is 5.75 Å². The van der Waals surface area contributed by atoms with E-state index in [4.69, 9.17) is 4.74 Å². The van der Waals surface area contributed by atoms with Crippen LogP contribution in [0, 0.1) is 6.92 Å². The molecule has 0 saturated carbocycles. The van der Waals surface area contributed by atoms with Crippen molar-refractivity contribution in [3.8, 4) is 5.75 Å². The minimum atomic E-state index is 0.0703. The summed E-state index contributed by atoms with van der Waals surface area (Å²) in [6.45, 7) is 3.47. The number of rotatable bonds is 6. The molecule has 0 fully saturated rings. The van der Waals surface area contributed by atoms with Crippen LogP contribution < -0.4 is 10.1 Å². The van der Waals surface area contributed by atoms with Crippen LogP contribution in [0.15, 0.2) is 24.3 Å². The molecule has 4 heteroatoms. The number of aryl methyl sites for hydroxylation is 1. The molecule has 94 valence electrons. The van der Waals surface area contributed by atoms with E-state index >= 15 is 0 Å². The molecule has 17 heavy (non-hydrogen) atoms. The quantitative estimate of drug-likeness (QED) is 0.802. The van der Waals surface area contributed by atoms with Crippen molar-refractivity contribution < 1.29 is 9.53 Å². The van der Waals surface area contributed by atoms with Crippen LogP contribution in [0.25, 0.3) is 0 Å². The first-order valence-corrected chi connectivity index (χ1v) is 5.72. The Labute approximate surface area is 103 Å². The Morgan fingerprint density at radius 3 is 2.76 bits per heavy atom. The van der Waals surface area contributed by atoms with E-state index in [2.05, 4.69) is 5.32 Å². The first kappa shape index (κ1) is 13.5. The maximum Gasteiger partial charge on any atom is 0.236 e. The molecule has 0 heterocycles. The van der Waals surface area contributed by atoms with Crippen molar-refractivity contribution >= 4 is 5.91 Å². The number of carbonyl (C=O) groups excluding carboxylic acids is 1. The predicted molar refractivity (Wildman–Crippen MR) is 68.2 cm³/mol. The molecule has 0 aliphatic heterocycles. The Bertz CT molecular complexity index is 366. The van der Waals surface area contributed by atoms with Crippen molar-refractivity contribution in [2.45, 2.75) is 6.92 Å². The summed E-state index contributed by atoms with van der Waals surface area (Å²) in [5.41, 5.74) is 1.11. The highest BCUT2D eigenvalue weighted by Crippen LogP contribution is 2.15. The Balaban J connectivity index is 2.33. The first-order chi connectivity index (χ1) is 8.15. The van der Waals surface area contributed by atoms with E-state index in [0.717, 1.165) is 11.3 Å². The molecule has 4 nitrogen and oxygen atoms in total. The SMILES string of the molecule is CNCC(=O)N(C)CCOc1ccccc1C. The van der Waals surface area contributed by atoms with Crippen molar-refractivity contribution in [3.05, 3.63) is 29.8 Å². The smallest absolute Gasteiger partial charge is 0.236 e. The molecular formula is C13H20N2O2. The molecule has 0 atom stereocenters. The maximum atomic E-state index is 11.5. The number of benzene rings is 1. The van der Waals surface area contributed by atoms with Crippen LogP contribution in [-0.4, -0.2) is 44.6 Å². The van der Waals surface area contributed by atoms with Gasteiger partial charge in [-0.1, -0.05) is 18.2 Å². The Morgan fingerprint density at radius 2 is 2.12 bits per heavy atom. The molecule has 0 radical (unpaired) electrons. The number of amides is 1. The van der Waals surface area contributed by atoms with E-state index < -0.39 is 0 Å². The second kappa shape index (κ2) is 6.91. The average molecular weight is 236 g/mol. The summed E-state index contributed by atoms with van der Waals surface area (Å²) in [5, 5.41) is 2.83. The van der Waals surface area contributed by atoms with Gasteiger partial charge in [-0.3, -0.25) is 4.79 Å². The van der Waals surface area contributed by atoms with Crippen molar-refractivity contribution in [2.75, 3.05) is 33.8 Å². The fourth-order valence-corrected chi connectivity index (χ4v) is 1.42. The Kier molecular flexibility index (Phi) is 5.49. The van der Waals surface area contributed by atoms with Crippen LogP contribution in [0.4, 0.5) is 0 Å². The monoisotopic (exact) mass is 236 g/mol. The van der Waals surface area contributed by atoms with Gasteiger partial charge in [0, 0.05) is 7.05 Å². The number of ether oxygens (including phenoxy) is 1. The highest BCUT2D eigenvalue weighted by Gasteiger charge is 2.07. The largest absolute Gasteiger partial charge is 0.491 e. The minimum Gasteiger partial charge on any atom is -0.491 e. The molecule has 0 bridgehead atoms. The van der Waals surface area contributed by atoms with Crippen LogP contribution in [-0.2, 0) is 4.79 Å². The molecule has 0 aliphatic carbocycles. The van der Waals surface area contributed by atoms with Gasteiger partial charge in [0.25, 0.3) is 0 Å². The summed E-state index contributed by atoms with van der Waals surface area (Å²) in [6.07, 6.45) is 0. The van der Waals surface area contributed by atoms with Gasteiger partial charge < -0.3 is 15.0 Å². The van der Waals surface area contributed by atoms with Gasteiger partial charge >= 0.3 is 0 Å². The average Bonchev–Trinajstić information content (AvgIpc) is 2.31.